The van der Waals surface area contributed by atoms with Crippen molar-refractivity contribution in [2.45, 2.75) is 64.1 Å². The van der Waals surface area contributed by atoms with Gasteiger partial charge in [0, 0.05) is 0 Å². The Kier molecular flexibility index (Phi) is 2.78. The average Bonchev–Trinajstić information content (AvgIpc) is 3.13. The lowest BCUT2D eigenvalue weighted by molar-refractivity contribution is -0.0677. The molecule has 4 bridgehead atoms. The molecule has 0 spiro atoms. The first kappa shape index (κ1) is 12.6. The molecule has 0 heterocycles. The maximum Gasteiger partial charge on any atom is 0.131 e. The van der Waals surface area contributed by atoms with Crippen LogP contribution in [0.5, 0.6) is 0 Å². The zero-order valence-electron chi connectivity index (χ0n) is 12.3. The van der Waals surface area contributed by atoms with Crippen LogP contribution in [0.1, 0.15) is 52.4 Å². The van der Waals surface area contributed by atoms with Gasteiger partial charge in [-0.25, -0.2) is 4.39 Å². The van der Waals surface area contributed by atoms with E-state index in [1.807, 2.05) is 6.92 Å². The zero-order chi connectivity index (χ0) is 13.2. The van der Waals surface area contributed by atoms with Crippen molar-refractivity contribution in [3.8, 4) is 0 Å². The highest BCUT2D eigenvalue weighted by atomic mass is 19.1. The van der Waals surface area contributed by atoms with E-state index in [9.17, 15) is 4.39 Å². The van der Waals surface area contributed by atoms with Crippen molar-refractivity contribution in [3.63, 3.8) is 0 Å². The summed E-state index contributed by atoms with van der Waals surface area (Å²) in [6.45, 7) is 3.90. The molecule has 4 rings (SSSR count). The molecule has 0 aromatic rings. The minimum Gasteiger partial charge on any atom is -0.375 e. The van der Waals surface area contributed by atoms with Crippen LogP contribution >= 0.6 is 0 Å². The van der Waals surface area contributed by atoms with Gasteiger partial charge in [-0.1, -0.05) is 6.92 Å². The molecule has 19 heavy (non-hydrogen) atoms. The summed E-state index contributed by atoms with van der Waals surface area (Å²) in [5.74, 6) is 5.73. The molecule has 4 fully saturated rings. The van der Waals surface area contributed by atoms with Gasteiger partial charge in [0.1, 0.15) is 5.67 Å². The molecule has 0 amide bonds. The van der Waals surface area contributed by atoms with Crippen LogP contribution in [0.25, 0.3) is 0 Å². The normalized spacial score (nSPS) is 53.5. The van der Waals surface area contributed by atoms with Crippen molar-refractivity contribution >= 4 is 0 Å². The monoisotopic (exact) mass is 266 g/mol. The first-order valence-corrected chi connectivity index (χ1v) is 8.39. The minimum atomic E-state index is -1.13. The van der Waals surface area contributed by atoms with Gasteiger partial charge in [0.2, 0.25) is 0 Å². The quantitative estimate of drug-likeness (QED) is 0.693. The Morgan fingerprint density at radius 3 is 2.53 bits per heavy atom. The summed E-state index contributed by atoms with van der Waals surface area (Å²) in [4.78, 5) is 0. The summed E-state index contributed by atoms with van der Waals surface area (Å²) in [6.07, 6.45) is 8.04. The zero-order valence-corrected chi connectivity index (χ0v) is 12.3. The highest BCUT2D eigenvalue weighted by Crippen LogP contribution is 2.67. The fraction of sp³-hybridized carbons (Fsp3) is 1.00. The molecular formula is C17H27FO. The SMILES string of the molecule is CCC(C)(F)COC1CC2CC1C1C3CCC(C3)C21. The van der Waals surface area contributed by atoms with Gasteiger partial charge in [0.05, 0.1) is 12.7 Å². The van der Waals surface area contributed by atoms with E-state index >= 15 is 0 Å². The molecule has 4 saturated carbocycles. The second-order valence-electron chi connectivity index (χ2n) is 8.00. The highest BCUT2D eigenvalue weighted by molar-refractivity contribution is 5.11. The number of alkyl halides is 1. The molecule has 1 nitrogen and oxygen atoms in total. The van der Waals surface area contributed by atoms with E-state index in [0.717, 1.165) is 35.5 Å². The Hall–Kier alpha value is -0.110. The number of hydrogen-bond donors (Lipinski definition) is 0. The second kappa shape index (κ2) is 4.19. The van der Waals surface area contributed by atoms with E-state index in [1.54, 1.807) is 6.92 Å². The van der Waals surface area contributed by atoms with E-state index in [-0.39, 0.29) is 0 Å². The van der Waals surface area contributed by atoms with Crippen molar-refractivity contribution in [3.05, 3.63) is 0 Å². The van der Waals surface area contributed by atoms with E-state index < -0.39 is 5.67 Å². The van der Waals surface area contributed by atoms with Crippen LogP contribution < -0.4 is 0 Å². The van der Waals surface area contributed by atoms with Crippen LogP contribution in [0.3, 0.4) is 0 Å². The average molecular weight is 266 g/mol. The highest BCUT2D eigenvalue weighted by Gasteiger charge is 2.62. The van der Waals surface area contributed by atoms with Crippen LogP contribution in [0.15, 0.2) is 0 Å². The maximum atomic E-state index is 14.0. The third-order valence-corrected chi connectivity index (χ3v) is 7.01. The summed E-state index contributed by atoms with van der Waals surface area (Å²) in [5, 5.41) is 0. The van der Waals surface area contributed by atoms with Gasteiger partial charge in [-0.3, -0.25) is 0 Å². The molecule has 0 radical (unpaired) electrons. The predicted molar refractivity (Wildman–Crippen MR) is 73.6 cm³/mol. The van der Waals surface area contributed by atoms with Crippen LogP contribution in [0, 0.1) is 35.5 Å². The molecule has 0 saturated heterocycles. The van der Waals surface area contributed by atoms with Gasteiger partial charge in [-0.15, -0.1) is 0 Å². The Morgan fingerprint density at radius 1 is 1.05 bits per heavy atom. The Labute approximate surface area is 116 Å². The van der Waals surface area contributed by atoms with Crippen LogP contribution in [-0.2, 0) is 4.74 Å². The summed E-state index contributed by atoms with van der Waals surface area (Å²) < 4.78 is 20.0. The lowest BCUT2D eigenvalue weighted by Crippen LogP contribution is -2.38. The number of ether oxygens (including phenoxy) is 1. The summed E-state index contributed by atoms with van der Waals surface area (Å²) in [5.41, 5.74) is -1.13. The minimum absolute atomic E-state index is 0.308. The topological polar surface area (TPSA) is 9.23 Å². The van der Waals surface area contributed by atoms with E-state index in [2.05, 4.69) is 0 Å². The molecule has 8 unspecified atom stereocenters. The van der Waals surface area contributed by atoms with E-state index in [4.69, 9.17) is 4.74 Å². The van der Waals surface area contributed by atoms with E-state index in [0.29, 0.717) is 19.1 Å². The third-order valence-electron chi connectivity index (χ3n) is 7.01. The van der Waals surface area contributed by atoms with Crippen LogP contribution in [0.4, 0.5) is 4.39 Å². The fourth-order valence-electron chi connectivity index (χ4n) is 6.08. The molecule has 4 aliphatic rings. The third kappa shape index (κ3) is 1.81. The molecule has 8 atom stereocenters. The standard InChI is InChI=1S/C17H27FO/c1-3-17(2,18)9-19-14-8-12-7-13(14)16-11-5-4-10(6-11)15(12)16/h10-16H,3-9H2,1-2H3. The Morgan fingerprint density at radius 2 is 1.79 bits per heavy atom. The fourth-order valence-corrected chi connectivity index (χ4v) is 6.08. The van der Waals surface area contributed by atoms with Gasteiger partial charge in [-0.2, -0.15) is 0 Å². The molecule has 108 valence electrons. The Bertz CT molecular complexity index is 366. The summed E-state index contributed by atoms with van der Waals surface area (Å²) >= 11 is 0. The molecule has 0 aromatic carbocycles. The van der Waals surface area contributed by atoms with Crippen LogP contribution in [0.2, 0.25) is 0 Å². The largest absolute Gasteiger partial charge is 0.375 e. The number of fused-ring (bicyclic) bond motifs is 9. The van der Waals surface area contributed by atoms with Gasteiger partial charge in [-0.05, 0) is 81.0 Å². The second-order valence-corrected chi connectivity index (χ2v) is 8.00. The van der Waals surface area contributed by atoms with Crippen molar-refractivity contribution in [2.75, 3.05) is 6.61 Å². The maximum absolute atomic E-state index is 14.0. The van der Waals surface area contributed by atoms with Crippen molar-refractivity contribution < 1.29 is 9.13 Å². The van der Waals surface area contributed by atoms with Gasteiger partial charge in [0.25, 0.3) is 0 Å². The van der Waals surface area contributed by atoms with Crippen LogP contribution in [-0.4, -0.2) is 18.4 Å². The lowest BCUT2D eigenvalue weighted by atomic mass is 9.70. The molecule has 0 aliphatic heterocycles. The van der Waals surface area contributed by atoms with Crippen molar-refractivity contribution in [1.82, 2.24) is 0 Å². The number of hydrogen-bond acceptors (Lipinski definition) is 1. The first-order chi connectivity index (χ1) is 9.09. The molecule has 2 heteroatoms. The van der Waals surface area contributed by atoms with Gasteiger partial charge in [0.15, 0.2) is 0 Å². The molecule has 4 aliphatic carbocycles. The summed E-state index contributed by atoms with van der Waals surface area (Å²) in [6, 6.07) is 0. The molecule has 0 aromatic heterocycles. The number of halogens is 1. The first-order valence-electron chi connectivity index (χ1n) is 8.39. The smallest absolute Gasteiger partial charge is 0.131 e. The van der Waals surface area contributed by atoms with Crippen molar-refractivity contribution in [2.24, 2.45) is 35.5 Å². The van der Waals surface area contributed by atoms with Gasteiger partial charge < -0.3 is 4.74 Å². The predicted octanol–water partition coefficient (Wildman–Crippen LogP) is 4.21. The molecular weight excluding hydrogens is 239 g/mol. The number of rotatable bonds is 4. The molecule has 0 N–H and O–H groups in total. The summed E-state index contributed by atoms with van der Waals surface area (Å²) in [7, 11) is 0. The van der Waals surface area contributed by atoms with Crippen molar-refractivity contribution in [1.29, 1.82) is 0 Å². The van der Waals surface area contributed by atoms with Gasteiger partial charge >= 0.3 is 0 Å². The Balaban J connectivity index is 1.42. The lowest BCUT2D eigenvalue weighted by Gasteiger charge is -2.39. The van der Waals surface area contributed by atoms with E-state index in [1.165, 1.54) is 32.1 Å².